The van der Waals surface area contributed by atoms with Gasteiger partial charge in [-0.25, -0.2) is 17.7 Å². The van der Waals surface area contributed by atoms with Crippen LogP contribution in [0.1, 0.15) is 22.4 Å². The van der Waals surface area contributed by atoms with Gasteiger partial charge in [0.15, 0.2) is 0 Å². The van der Waals surface area contributed by atoms with Crippen LogP contribution < -0.4 is 15.8 Å². The number of halogens is 1. The van der Waals surface area contributed by atoms with Crippen molar-refractivity contribution in [2.75, 3.05) is 32.6 Å². The van der Waals surface area contributed by atoms with Crippen LogP contribution in [-0.4, -0.2) is 50.9 Å². The SMILES string of the molecule is CCOc1ccc(NC(=O)c2csc(CCN)n2)cc1S(=O)(=O)N(C)C.Cl. The van der Waals surface area contributed by atoms with Crippen molar-refractivity contribution in [2.45, 2.75) is 18.2 Å². The Balaban J connectivity index is 0.00000364. The van der Waals surface area contributed by atoms with Gasteiger partial charge in [-0.15, -0.1) is 23.7 Å². The number of benzene rings is 1. The highest BCUT2D eigenvalue weighted by Crippen LogP contribution is 2.29. The molecule has 11 heteroatoms. The van der Waals surface area contributed by atoms with Gasteiger partial charge >= 0.3 is 0 Å². The van der Waals surface area contributed by atoms with E-state index in [4.69, 9.17) is 10.5 Å². The molecule has 0 saturated heterocycles. The minimum absolute atomic E-state index is 0. The molecule has 2 rings (SSSR count). The van der Waals surface area contributed by atoms with E-state index in [1.54, 1.807) is 18.4 Å². The van der Waals surface area contributed by atoms with Crippen molar-refractivity contribution in [1.29, 1.82) is 0 Å². The van der Waals surface area contributed by atoms with Crippen LogP contribution in [0.5, 0.6) is 5.75 Å². The predicted octanol–water partition coefficient (Wildman–Crippen LogP) is 1.97. The maximum Gasteiger partial charge on any atom is 0.275 e. The van der Waals surface area contributed by atoms with Gasteiger partial charge in [-0.05, 0) is 31.7 Å². The van der Waals surface area contributed by atoms with Crippen LogP contribution in [0.3, 0.4) is 0 Å². The fourth-order valence-corrected chi connectivity index (χ4v) is 3.95. The molecule has 0 atom stereocenters. The second-order valence-corrected chi connectivity index (χ2v) is 8.56. The monoisotopic (exact) mass is 434 g/mol. The van der Waals surface area contributed by atoms with Crippen LogP contribution >= 0.6 is 23.7 Å². The van der Waals surface area contributed by atoms with Gasteiger partial charge in [-0.1, -0.05) is 0 Å². The summed E-state index contributed by atoms with van der Waals surface area (Å²) in [5.41, 5.74) is 6.09. The highest BCUT2D eigenvalue weighted by molar-refractivity contribution is 7.89. The van der Waals surface area contributed by atoms with E-state index in [0.29, 0.717) is 25.3 Å². The zero-order chi connectivity index (χ0) is 19.3. The summed E-state index contributed by atoms with van der Waals surface area (Å²) >= 11 is 1.36. The number of anilines is 1. The lowest BCUT2D eigenvalue weighted by Gasteiger charge is -2.16. The number of carbonyl (C=O) groups excluding carboxylic acids is 1. The first kappa shape index (κ1) is 23.3. The molecule has 0 radical (unpaired) electrons. The topological polar surface area (TPSA) is 115 Å². The van der Waals surface area contributed by atoms with E-state index >= 15 is 0 Å². The van der Waals surface area contributed by atoms with E-state index in [2.05, 4.69) is 10.3 Å². The first-order valence-electron chi connectivity index (χ1n) is 7.94. The largest absolute Gasteiger partial charge is 0.492 e. The first-order valence-corrected chi connectivity index (χ1v) is 10.3. The van der Waals surface area contributed by atoms with Crippen LogP contribution in [0.15, 0.2) is 28.5 Å². The molecule has 0 aliphatic rings. The normalized spacial score (nSPS) is 11.1. The first-order chi connectivity index (χ1) is 12.3. The van der Waals surface area contributed by atoms with Crippen molar-refractivity contribution < 1.29 is 17.9 Å². The number of rotatable bonds is 8. The Kier molecular flexibility index (Phi) is 8.63. The minimum atomic E-state index is -3.73. The van der Waals surface area contributed by atoms with Crippen molar-refractivity contribution in [1.82, 2.24) is 9.29 Å². The van der Waals surface area contributed by atoms with E-state index in [0.717, 1.165) is 9.31 Å². The van der Waals surface area contributed by atoms with Crippen LogP contribution in [-0.2, 0) is 16.4 Å². The van der Waals surface area contributed by atoms with Gasteiger partial charge in [0.1, 0.15) is 16.3 Å². The van der Waals surface area contributed by atoms with E-state index in [9.17, 15) is 13.2 Å². The van der Waals surface area contributed by atoms with Crippen LogP contribution in [0.4, 0.5) is 5.69 Å². The molecular formula is C16H23ClN4O4S2. The van der Waals surface area contributed by atoms with Crippen LogP contribution in [0.2, 0.25) is 0 Å². The molecule has 0 unspecified atom stereocenters. The molecule has 8 nitrogen and oxygen atoms in total. The van der Waals surface area contributed by atoms with Gasteiger partial charge in [-0.2, -0.15) is 0 Å². The summed E-state index contributed by atoms with van der Waals surface area (Å²) in [6.07, 6.45) is 0.603. The van der Waals surface area contributed by atoms with Crippen LogP contribution in [0, 0.1) is 0 Å². The molecule has 0 bridgehead atoms. The van der Waals surface area contributed by atoms with Crippen molar-refractivity contribution >= 4 is 45.4 Å². The number of carbonyl (C=O) groups is 1. The third kappa shape index (κ3) is 5.63. The van der Waals surface area contributed by atoms with Gasteiger partial charge in [0, 0.05) is 31.6 Å². The number of aromatic nitrogens is 1. The smallest absolute Gasteiger partial charge is 0.275 e. The summed E-state index contributed by atoms with van der Waals surface area (Å²) in [4.78, 5) is 16.6. The maximum atomic E-state index is 12.5. The van der Waals surface area contributed by atoms with Gasteiger partial charge in [0.25, 0.3) is 5.91 Å². The minimum Gasteiger partial charge on any atom is -0.492 e. The summed E-state index contributed by atoms with van der Waals surface area (Å²) in [6, 6.07) is 4.49. The Morgan fingerprint density at radius 3 is 2.67 bits per heavy atom. The summed E-state index contributed by atoms with van der Waals surface area (Å²) in [7, 11) is -0.856. The Bertz CT molecular complexity index is 884. The van der Waals surface area contributed by atoms with E-state index in [-0.39, 0.29) is 28.7 Å². The zero-order valence-corrected chi connectivity index (χ0v) is 17.7. The molecule has 1 amide bonds. The number of nitrogens with zero attached hydrogens (tertiary/aromatic N) is 2. The number of amides is 1. The lowest BCUT2D eigenvalue weighted by molar-refractivity contribution is 0.102. The molecule has 0 spiro atoms. The fourth-order valence-electron chi connectivity index (χ4n) is 2.11. The summed E-state index contributed by atoms with van der Waals surface area (Å²) in [6.45, 7) is 2.55. The molecule has 27 heavy (non-hydrogen) atoms. The predicted molar refractivity (Wildman–Crippen MR) is 109 cm³/mol. The van der Waals surface area contributed by atoms with Gasteiger partial charge in [-0.3, -0.25) is 4.79 Å². The number of hydrogen-bond donors (Lipinski definition) is 2. The fraction of sp³-hybridized carbons (Fsp3) is 0.375. The van der Waals surface area contributed by atoms with Crippen molar-refractivity contribution in [3.63, 3.8) is 0 Å². The summed E-state index contributed by atoms with van der Waals surface area (Å²) in [5.74, 6) is -0.181. The van der Waals surface area contributed by atoms with Crippen LogP contribution in [0.25, 0.3) is 0 Å². The number of ether oxygens (including phenoxy) is 1. The second-order valence-electron chi connectivity index (χ2n) is 5.50. The second kappa shape index (κ2) is 10.00. The van der Waals surface area contributed by atoms with E-state index in [1.807, 2.05) is 0 Å². The van der Waals surface area contributed by atoms with Crippen molar-refractivity contribution in [2.24, 2.45) is 5.73 Å². The third-order valence-corrected chi connectivity index (χ3v) is 6.15. The Hall–Kier alpha value is -1.72. The van der Waals surface area contributed by atoms with E-state index in [1.165, 1.54) is 37.6 Å². The number of hydrogen-bond acceptors (Lipinski definition) is 7. The Morgan fingerprint density at radius 2 is 2.07 bits per heavy atom. The quantitative estimate of drug-likeness (QED) is 0.656. The lowest BCUT2D eigenvalue weighted by atomic mass is 10.3. The Labute approximate surface area is 169 Å². The molecular weight excluding hydrogens is 412 g/mol. The molecule has 0 fully saturated rings. The molecule has 2 aromatic rings. The maximum absolute atomic E-state index is 12.5. The highest BCUT2D eigenvalue weighted by Gasteiger charge is 2.23. The van der Waals surface area contributed by atoms with Gasteiger partial charge in [0.2, 0.25) is 10.0 Å². The standard InChI is InChI=1S/C16H22N4O4S2.ClH/c1-4-24-13-6-5-11(9-14(13)26(22,23)20(2)3)18-16(21)12-10-25-15(19-12)7-8-17;/h5-6,9-10H,4,7-8,17H2,1-3H3,(H,18,21);1H. The molecule has 3 N–H and O–H groups in total. The molecule has 150 valence electrons. The van der Waals surface area contributed by atoms with Crippen molar-refractivity contribution in [3.8, 4) is 5.75 Å². The lowest BCUT2D eigenvalue weighted by Crippen LogP contribution is -2.23. The number of nitrogens with two attached hydrogens (primary N) is 1. The average Bonchev–Trinajstić information content (AvgIpc) is 3.05. The highest BCUT2D eigenvalue weighted by atomic mass is 35.5. The number of thiazole rings is 1. The van der Waals surface area contributed by atoms with Crippen molar-refractivity contribution in [3.05, 3.63) is 34.3 Å². The van der Waals surface area contributed by atoms with E-state index < -0.39 is 15.9 Å². The Morgan fingerprint density at radius 1 is 1.37 bits per heavy atom. The zero-order valence-electron chi connectivity index (χ0n) is 15.3. The van der Waals surface area contributed by atoms with Gasteiger partial charge in [0.05, 0.1) is 11.6 Å². The third-order valence-electron chi connectivity index (χ3n) is 3.40. The summed E-state index contributed by atoms with van der Waals surface area (Å²) < 4.78 is 31.5. The number of sulfonamides is 1. The molecule has 0 aliphatic heterocycles. The average molecular weight is 435 g/mol. The van der Waals surface area contributed by atoms with Gasteiger partial charge < -0.3 is 15.8 Å². The summed E-state index contributed by atoms with van der Waals surface area (Å²) in [5, 5.41) is 5.09. The number of nitrogens with one attached hydrogen (secondary N) is 1. The molecule has 1 heterocycles. The molecule has 1 aromatic heterocycles. The molecule has 0 saturated carbocycles. The molecule has 1 aromatic carbocycles. The molecule has 0 aliphatic carbocycles.